The molecule has 5 nitrogen and oxygen atoms in total. The third kappa shape index (κ3) is 4.37. The summed E-state index contributed by atoms with van der Waals surface area (Å²) in [6.45, 7) is 6.98. The largest absolute Gasteiger partial charge is 0.369 e. The van der Waals surface area contributed by atoms with E-state index in [0.29, 0.717) is 0 Å². The highest BCUT2D eigenvalue weighted by atomic mass is 16.2. The average molecular weight is 365 g/mol. The van der Waals surface area contributed by atoms with Crippen molar-refractivity contribution in [1.82, 2.24) is 4.90 Å². The molecule has 0 bridgehead atoms. The smallest absolute Gasteiger partial charge is 0.243 e. The summed E-state index contributed by atoms with van der Waals surface area (Å²) in [4.78, 5) is 30.5. The van der Waals surface area contributed by atoms with Crippen molar-refractivity contribution in [2.24, 2.45) is 0 Å². The number of anilines is 2. The molecule has 142 valence electrons. The predicted octanol–water partition coefficient (Wildman–Crippen LogP) is 3.06. The lowest BCUT2D eigenvalue weighted by atomic mass is 10.1. The number of rotatable bonds is 5. The van der Waals surface area contributed by atoms with E-state index in [0.717, 1.165) is 43.1 Å². The number of likely N-dealkylation sites (N-methyl/N-ethyl adjacent to an activating group) is 1. The zero-order chi connectivity index (χ0) is 19.4. The molecule has 5 heteroatoms. The van der Waals surface area contributed by atoms with Crippen molar-refractivity contribution in [2.45, 2.75) is 19.9 Å². The van der Waals surface area contributed by atoms with Crippen LogP contribution in [0.5, 0.6) is 0 Å². The Morgan fingerprint density at radius 3 is 2.07 bits per heavy atom. The molecule has 27 heavy (non-hydrogen) atoms. The van der Waals surface area contributed by atoms with Crippen LogP contribution in [0.15, 0.2) is 54.6 Å². The Morgan fingerprint density at radius 2 is 1.52 bits per heavy atom. The number of nitrogens with zero attached hydrogens (tertiary/aromatic N) is 3. The van der Waals surface area contributed by atoms with Crippen LogP contribution < -0.4 is 9.80 Å². The van der Waals surface area contributed by atoms with Crippen molar-refractivity contribution in [3.8, 4) is 0 Å². The SMILES string of the molecule is CC(=O)c1ccc(N2CCN([C@@H](C)C(=O)N(C)c3ccccc3)CC2)cc1. The van der Waals surface area contributed by atoms with Crippen molar-refractivity contribution >= 4 is 23.1 Å². The molecule has 2 aromatic rings. The van der Waals surface area contributed by atoms with E-state index in [9.17, 15) is 9.59 Å². The Balaban J connectivity index is 1.58. The number of hydrogen-bond donors (Lipinski definition) is 0. The molecule has 0 unspecified atom stereocenters. The van der Waals surface area contributed by atoms with Gasteiger partial charge in [0.15, 0.2) is 5.78 Å². The van der Waals surface area contributed by atoms with Gasteiger partial charge in [0.25, 0.3) is 0 Å². The lowest BCUT2D eigenvalue weighted by molar-refractivity contribution is -0.123. The lowest BCUT2D eigenvalue weighted by Crippen LogP contribution is -2.54. The highest BCUT2D eigenvalue weighted by Crippen LogP contribution is 2.20. The van der Waals surface area contributed by atoms with Crippen LogP contribution in [0.1, 0.15) is 24.2 Å². The number of carbonyl (C=O) groups is 2. The number of hydrogen-bond acceptors (Lipinski definition) is 4. The minimum absolute atomic E-state index is 0.0845. The van der Waals surface area contributed by atoms with E-state index in [1.54, 1.807) is 11.8 Å². The summed E-state index contributed by atoms with van der Waals surface area (Å²) in [5.41, 5.74) is 2.78. The number of carbonyl (C=O) groups excluding carboxylic acids is 2. The molecule has 0 N–H and O–H groups in total. The number of amides is 1. The van der Waals surface area contributed by atoms with Crippen LogP contribution >= 0.6 is 0 Å². The first-order chi connectivity index (χ1) is 13.0. The third-order valence-electron chi connectivity index (χ3n) is 5.33. The molecule has 1 fully saturated rings. The van der Waals surface area contributed by atoms with E-state index in [4.69, 9.17) is 0 Å². The normalized spacial score (nSPS) is 16.0. The van der Waals surface area contributed by atoms with Crippen LogP contribution in [-0.2, 0) is 4.79 Å². The fourth-order valence-electron chi connectivity index (χ4n) is 3.49. The van der Waals surface area contributed by atoms with E-state index in [2.05, 4.69) is 9.80 Å². The summed E-state index contributed by atoms with van der Waals surface area (Å²) in [5, 5.41) is 0. The van der Waals surface area contributed by atoms with Gasteiger partial charge in [0, 0.05) is 50.2 Å². The van der Waals surface area contributed by atoms with Crippen molar-refractivity contribution in [2.75, 3.05) is 43.0 Å². The van der Waals surface area contributed by atoms with Crippen LogP contribution in [0.4, 0.5) is 11.4 Å². The Kier molecular flexibility index (Phi) is 5.91. The molecule has 1 heterocycles. The molecule has 0 aliphatic carbocycles. The first kappa shape index (κ1) is 19.1. The van der Waals surface area contributed by atoms with E-state index in [1.807, 2.05) is 68.6 Å². The molecule has 1 aliphatic heterocycles. The number of Topliss-reactive ketones (excluding diaryl/α,β-unsaturated/α-hetero) is 1. The fraction of sp³-hybridized carbons (Fsp3) is 0.364. The molecule has 1 atom stereocenters. The average Bonchev–Trinajstić information content (AvgIpc) is 2.73. The molecule has 2 aromatic carbocycles. The molecule has 0 radical (unpaired) electrons. The van der Waals surface area contributed by atoms with Crippen molar-refractivity contribution in [3.05, 3.63) is 60.2 Å². The molecule has 1 saturated heterocycles. The van der Waals surface area contributed by atoms with Gasteiger partial charge in [-0.2, -0.15) is 0 Å². The Morgan fingerprint density at radius 1 is 0.926 bits per heavy atom. The molecule has 3 rings (SSSR count). The molecular weight excluding hydrogens is 338 g/mol. The topological polar surface area (TPSA) is 43.9 Å². The quantitative estimate of drug-likeness (QED) is 0.764. The summed E-state index contributed by atoms with van der Waals surface area (Å²) >= 11 is 0. The molecular formula is C22H27N3O2. The summed E-state index contributed by atoms with van der Waals surface area (Å²) in [6, 6.07) is 17.4. The number of piperazine rings is 1. The summed E-state index contributed by atoms with van der Waals surface area (Å²) in [5.74, 6) is 0.196. The minimum atomic E-state index is -0.155. The van der Waals surface area contributed by atoms with Crippen LogP contribution in [0, 0.1) is 0 Å². The van der Waals surface area contributed by atoms with Crippen LogP contribution in [-0.4, -0.2) is 55.9 Å². The number of para-hydroxylation sites is 1. The van der Waals surface area contributed by atoms with Gasteiger partial charge in [-0.25, -0.2) is 0 Å². The van der Waals surface area contributed by atoms with Crippen LogP contribution in [0.2, 0.25) is 0 Å². The van der Waals surface area contributed by atoms with Gasteiger partial charge in [-0.05, 0) is 50.2 Å². The zero-order valence-corrected chi connectivity index (χ0v) is 16.3. The second-order valence-corrected chi connectivity index (χ2v) is 7.03. The van der Waals surface area contributed by atoms with Crippen molar-refractivity contribution < 1.29 is 9.59 Å². The van der Waals surface area contributed by atoms with E-state index >= 15 is 0 Å². The van der Waals surface area contributed by atoms with Gasteiger partial charge in [0.05, 0.1) is 6.04 Å². The first-order valence-corrected chi connectivity index (χ1v) is 9.40. The number of benzene rings is 2. The first-order valence-electron chi connectivity index (χ1n) is 9.40. The Bertz CT molecular complexity index is 781. The maximum absolute atomic E-state index is 12.8. The van der Waals surface area contributed by atoms with Crippen LogP contribution in [0.3, 0.4) is 0 Å². The summed E-state index contributed by atoms with van der Waals surface area (Å²) in [6.07, 6.45) is 0. The van der Waals surface area contributed by atoms with Gasteiger partial charge in [0.2, 0.25) is 5.91 Å². The second-order valence-electron chi connectivity index (χ2n) is 7.03. The monoisotopic (exact) mass is 365 g/mol. The minimum Gasteiger partial charge on any atom is -0.369 e. The maximum Gasteiger partial charge on any atom is 0.243 e. The fourth-order valence-corrected chi connectivity index (χ4v) is 3.49. The van der Waals surface area contributed by atoms with Gasteiger partial charge in [-0.3, -0.25) is 14.5 Å². The van der Waals surface area contributed by atoms with E-state index in [-0.39, 0.29) is 17.7 Å². The van der Waals surface area contributed by atoms with E-state index < -0.39 is 0 Å². The van der Waals surface area contributed by atoms with Crippen molar-refractivity contribution in [3.63, 3.8) is 0 Å². The van der Waals surface area contributed by atoms with Crippen LogP contribution in [0.25, 0.3) is 0 Å². The highest BCUT2D eigenvalue weighted by Gasteiger charge is 2.28. The maximum atomic E-state index is 12.8. The van der Waals surface area contributed by atoms with Crippen molar-refractivity contribution in [1.29, 1.82) is 0 Å². The number of ketones is 1. The Labute approximate surface area is 161 Å². The molecule has 1 amide bonds. The third-order valence-corrected chi connectivity index (χ3v) is 5.33. The van der Waals surface area contributed by atoms with Gasteiger partial charge in [-0.15, -0.1) is 0 Å². The standard InChI is InChI=1S/C22H27N3O2/c1-17(22(27)23(3)20-7-5-4-6-8-20)24-13-15-25(16-14-24)21-11-9-19(10-12-21)18(2)26/h4-12,17H,13-16H2,1-3H3/t17-/m0/s1. The molecule has 0 aromatic heterocycles. The lowest BCUT2D eigenvalue weighted by Gasteiger charge is -2.39. The van der Waals surface area contributed by atoms with Gasteiger partial charge >= 0.3 is 0 Å². The second kappa shape index (κ2) is 8.35. The summed E-state index contributed by atoms with van der Waals surface area (Å²) in [7, 11) is 1.83. The summed E-state index contributed by atoms with van der Waals surface area (Å²) < 4.78 is 0. The van der Waals surface area contributed by atoms with Gasteiger partial charge < -0.3 is 9.80 Å². The molecule has 1 aliphatic rings. The van der Waals surface area contributed by atoms with E-state index in [1.165, 1.54) is 0 Å². The highest BCUT2D eigenvalue weighted by molar-refractivity contribution is 5.96. The predicted molar refractivity (Wildman–Crippen MR) is 110 cm³/mol. The van der Waals surface area contributed by atoms with Gasteiger partial charge in [0.1, 0.15) is 0 Å². The van der Waals surface area contributed by atoms with Gasteiger partial charge in [-0.1, -0.05) is 18.2 Å². The molecule has 0 spiro atoms. The molecule has 0 saturated carbocycles. The zero-order valence-electron chi connectivity index (χ0n) is 16.3. The Hall–Kier alpha value is -2.66.